The Balaban J connectivity index is 2.65. The quantitative estimate of drug-likeness (QED) is 0.327. The van der Waals surface area contributed by atoms with Gasteiger partial charge in [-0.2, -0.15) is 0 Å². The molecule has 7 nitrogen and oxygen atoms in total. The first-order chi connectivity index (χ1) is 11.4. The first kappa shape index (κ1) is 19.9. The maximum Gasteiger partial charge on any atom is 0.292 e. The van der Waals surface area contributed by atoms with E-state index < -0.39 is 0 Å². The van der Waals surface area contributed by atoms with Gasteiger partial charge in [-0.05, 0) is 43.9 Å². The van der Waals surface area contributed by atoms with E-state index in [0.717, 1.165) is 31.2 Å². The maximum atomic E-state index is 11.2. The first-order valence-electron chi connectivity index (χ1n) is 8.37. The molecule has 7 heteroatoms. The number of rotatable bonds is 11. The van der Waals surface area contributed by atoms with Crippen LogP contribution in [0.25, 0.3) is 0 Å². The van der Waals surface area contributed by atoms with E-state index in [4.69, 9.17) is 5.73 Å². The van der Waals surface area contributed by atoms with Crippen molar-refractivity contribution in [1.82, 2.24) is 5.32 Å². The van der Waals surface area contributed by atoms with E-state index in [1.165, 1.54) is 6.92 Å². The lowest BCUT2D eigenvalue weighted by Crippen LogP contribution is -2.31. The lowest BCUT2D eigenvalue weighted by Gasteiger charge is -2.18. The number of nitrogens with one attached hydrogen (secondary N) is 2. The van der Waals surface area contributed by atoms with E-state index >= 15 is 0 Å². The summed E-state index contributed by atoms with van der Waals surface area (Å²) in [6.07, 6.45) is 4.01. The van der Waals surface area contributed by atoms with Gasteiger partial charge in [-0.3, -0.25) is 14.9 Å². The van der Waals surface area contributed by atoms with Crippen molar-refractivity contribution >= 4 is 17.3 Å². The summed E-state index contributed by atoms with van der Waals surface area (Å²) >= 11 is 0. The molecule has 0 saturated carbocycles. The Labute approximate surface area is 143 Å². The fraction of sp³-hybridized carbons (Fsp3) is 0.588. The standard InChI is InChI=1S/C17H28N4O3/c1-13-7-8-16(17(10-13)21(23)24)20-12-15(11-19-14(2)22)6-4-3-5-9-18/h7-8,10,15,20H,3-6,9,11-12,18H2,1-2H3,(H,19,22). The topological polar surface area (TPSA) is 110 Å². The predicted octanol–water partition coefficient (Wildman–Crippen LogP) is 2.59. The minimum atomic E-state index is -0.376. The largest absolute Gasteiger partial charge is 0.379 e. The molecule has 0 aliphatic carbocycles. The van der Waals surface area contributed by atoms with Gasteiger partial charge >= 0.3 is 0 Å². The van der Waals surface area contributed by atoms with Gasteiger partial charge in [-0.25, -0.2) is 0 Å². The van der Waals surface area contributed by atoms with Crippen LogP contribution in [0, 0.1) is 23.0 Å². The van der Waals surface area contributed by atoms with E-state index in [-0.39, 0.29) is 22.4 Å². The number of nitrogens with zero attached hydrogens (tertiary/aromatic N) is 1. The second kappa shape index (κ2) is 10.6. The molecule has 1 rings (SSSR count). The molecule has 1 atom stereocenters. The average molecular weight is 336 g/mol. The van der Waals surface area contributed by atoms with Crippen molar-refractivity contribution < 1.29 is 9.72 Å². The van der Waals surface area contributed by atoms with Gasteiger partial charge < -0.3 is 16.4 Å². The van der Waals surface area contributed by atoms with Crippen molar-refractivity contribution in [2.45, 2.75) is 39.5 Å². The molecule has 0 aliphatic rings. The lowest BCUT2D eigenvalue weighted by atomic mass is 10.0. The molecule has 24 heavy (non-hydrogen) atoms. The van der Waals surface area contributed by atoms with Crippen LogP contribution in [0.2, 0.25) is 0 Å². The fourth-order valence-electron chi connectivity index (χ4n) is 2.51. The molecule has 0 heterocycles. The molecule has 0 bridgehead atoms. The molecule has 0 aliphatic heterocycles. The van der Waals surface area contributed by atoms with Crippen molar-refractivity contribution in [1.29, 1.82) is 0 Å². The van der Waals surface area contributed by atoms with Crippen LogP contribution in [-0.4, -0.2) is 30.5 Å². The van der Waals surface area contributed by atoms with Crippen LogP contribution in [0.15, 0.2) is 18.2 Å². The number of benzene rings is 1. The van der Waals surface area contributed by atoms with Crippen LogP contribution in [0.1, 0.15) is 38.2 Å². The fourth-order valence-corrected chi connectivity index (χ4v) is 2.51. The van der Waals surface area contributed by atoms with Crippen molar-refractivity contribution in [3.63, 3.8) is 0 Å². The second-order valence-corrected chi connectivity index (χ2v) is 6.10. The number of nitro groups is 1. The zero-order valence-electron chi connectivity index (χ0n) is 14.5. The van der Waals surface area contributed by atoms with E-state index in [2.05, 4.69) is 10.6 Å². The van der Waals surface area contributed by atoms with Gasteiger partial charge in [-0.15, -0.1) is 0 Å². The van der Waals surface area contributed by atoms with Crippen LogP contribution in [0.3, 0.4) is 0 Å². The number of nitro benzene ring substituents is 1. The van der Waals surface area contributed by atoms with E-state index in [1.807, 2.05) is 13.0 Å². The SMILES string of the molecule is CC(=O)NCC(CCCCCN)CNc1ccc(C)cc1[N+](=O)[O-]. The average Bonchev–Trinajstić information content (AvgIpc) is 2.53. The first-order valence-corrected chi connectivity index (χ1v) is 8.37. The zero-order chi connectivity index (χ0) is 17.9. The number of amides is 1. The molecule has 1 amide bonds. The Hall–Kier alpha value is -2.15. The number of unbranched alkanes of at least 4 members (excludes halogenated alkanes) is 2. The minimum Gasteiger partial charge on any atom is -0.379 e. The van der Waals surface area contributed by atoms with E-state index in [9.17, 15) is 14.9 Å². The molecule has 0 fully saturated rings. The number of hydrogen-bond acceptors (Lipinski definition) is 5. The monoisotopic (exact) mass is 336 g/mol. The van der Waals surface area contributed by atoms with Crippen molar-refractivity contribution in [2.75, 3.05) is 25.0 Å². The van der Waals surface area contributed by atoms with Gasteiger partial charge in [0.2, 0.25) is 5.91 Å². The normalized spacial score (nSPS) is 11.8. The van der Waals surface area contributed by atoms with Crippen LogP contribution in [-0.2, 0) is 4.79 Å². The molecule has 0 spiro atoms. The number of carbonyl (C=O) groups is 1. The van der Waals surface area contributed by atoms with Gasteiger partial charge in [0.25, 0.3) is 5.69 Å². The van der Waals surface area contributed by atoms with Crippen LogP contribution in [0.4, 0.5) is 11.4 Å². The molecular formula is C17H28N4O3. The smallest absolute Gasteiger partial charge is 0.292 e. The summed E-state index contributed by atoms with van der Waals surface area (Å²) in [4.78, 5) is 21.9. The second-order valence-electron chi connectivity index (χ2n) is 6.10. The summed E-state index contributed by atoms with van der Waals surface area (Å²) in [5.74, 6) is 0.149. The number of aryl methyl sites for hydroxylation is 1. The molecule has 1 unspecified atom stereocenters. The van der Waals surface area contributed by atoms with E-state index in [0.29, 0.717) is 25.3 Å². The molecule has 0 saturated heterocycles. The van der Waals surface area contributed by atoms with Gasteiger partial charge in [0.05, 0.1) is 4.92 Å². The third-order valence-electron chi connectivity index (χ3n) is 3.89. The molecule has 134 valence electrons. The summed E-state index contributed by atoms with van der Waals surface area (Å²) in [6, 6.07) is 5.14. The summed E-state index contributed by atoms with van der Waals surface area (Å²) in [5.41, 5.74) is 6.95. The Morgan fingerprint density at radius 3 is 2.67 bits per heavy atom. The van der Waals surface area contributed by atoms with Crippen LogP contribution >= 0.6 is 0 Å². The highest BCUT2D eigenvalue weighted by atomic mass is 16.6. The van der Waals surface area contributed by atoms with E-state index in [1.54, 1.807) is 12.1 Å². The molecule has 0 aromatic heterocycles. The lowest BCUT2D eigenvalue weighted by molar-refractivity contribution is -0.384. The Morgan fingerprint density at radius 2 is 2.04 bits per heavy atom. The number of nitrogens with two attached hydrogens (primary N) is 1. The van der Waals surface area contributed by atoms with Crippen molar-refractivity contribution in [3.8, 4) is 0 Å². The molecule has 0 radical (unpaired) electrons. The van der Waals surface area contributed by atoms with Crippen molar-refractivity contribution in [3.05, 3.63) is 33.9 Å². The number of carbonyl (C=O) groups excluding carboxylic acids is 1. The van der Waals surface area contributed by atoms with Gasteiger partial charge in [0.15, 0.2) is 0 Å². The maximum absolute atomic E-state index is 11.2. The Bertz CT molecular complexity index is 549. The highest BCUT2D eigenvalue weighted by molar-refractivity contribution is 5.72. The number of hydrogen-bond donors (Lipinski definition) is 3. The predicted molar refractivity (Wildman–Crippen MR) is 96.0 cm³/mol. The van der Waals surface area contributed by atoms with Crippen molar-refractivity contribution in [2.24, 2.45) is 11.7 Å². The minimum absolute atomic E-state index is 0.0664. The third kappa shape index (κ3) is 7.41. The summed E-state index contributed by atoms with van der Waals surface area (Å²) in [5, 5.41) is 17.2. The summed E-state index contributed by atoms with van der Waals surface area (Å²) in [6.45, 7) is 5.14. The molecule has 1 aromatic rings. The summed E-state index contributed by atoms with van der Waals surface area (Å²) in [7, 11) is 0. The Morgan fingerprint density at radius 1 is 1.29 bits per heavy atom. The number of anilines is 1. The third-order valence-corrected chi connectivity index (χ3v) is 3.89. The van der Waals surface area contributed by atoms with Crippen LogP contribution in [0.5, 0.6) is 0 Å². The summed E-state index contributed by atoms with van der Waals surface area (Å²) < 4.78 is 0. The highest BCUT2D eigenvalue weighted by Gasteiger charge is 2.16. The molecule has 4 N–H and O–H groups in total. The molecular weight excluding hydrogens is 308 g/mol. The van der Waals surface area contributed by atoms with Gasteiger partial charge in [-0.1, -0.05) is 18.9 Å². The highest BCUT2D eigenvalue weighted by Crippen LogP contribution is 2.25. The van der Waals surface area contributed by atoms with Gasteiger partial charge in [0, 0.05) is 26.1 Å². The van der Waals surface area contributed by atoms with Gasteiger partial charge in [0.1, 0.15) is 5.69 Å². The zero-order valence-corrected chi connectivity index (χ0v) is 14.5. The Kier molecular flexibility index (Phi) is 8.78. The van der Waals surface area contributed by atoms with Crippen LogP contribution < -0.4 is 16.4 Å². The molecule has 1 aromatic carbocycles.